The molecule has 5 nitrogen and oxygen atoms in total. The molecule has 0 bridgehead atoms. The van der Waals surface area contributed by atoms with Crippen LogP contribution in [-0.4, -0.2) is 43.9 Å². The van der Waals surface area contributed by atoms with E-state index in [0.717, 1.165) is 16.7 Å². The van der Waals surface area contributed by atoms with E-state index in [4.69, 9.17) is 4.74 Å². The smallest absolute Gasteiger partial charge is 0.311 e. The quantitative estimate of drug-likeness (QED) is 0.348. The number of hydrogen-bond acceptors (Lipinski definition) is 5. The molecule has 1 radical (unpaired) electrons. The lowest BCUT2D eigenvalue weighted by molar-refractivity contribution is -0.150. The van der Waals surface area contributed by atoms with Crippen LogP contribution in [0.4, 0.5) is 0 Å². The van der Waals surface area contributed by atoms with Gasteiger partial charge in [-0.2, -0.15) is 0 Å². The Morgan fingerprint density at radius 3 is 2.31 bits per heavy atom. The summed E-state index contributed by atoms with van der Waals surface area (Å²) in [5.41, 5.74) is 2.92. The van der Waals surface area contributed by atoms with Crippen LogP contribution in [0.25, 0.3) is 11.1 Å². The fourth-order valence-electron chi connectivity index (χ4n) is 3.44. The topological polar surface area (TPSA) is 75.6 Å². The van der Waals surface area contributed by atoms with E-state index in [1.807, 2.05) is 18.2 Å². The minimum atomic E-state index is -0.657. The number of aliphatic hydroxyl groups excluding tert-OH is 1. The summed E-state index contributed by atoms with van der Waals surface area (Å²) in [7, 11) is 1.34. The standard InChI is InChI=1S/C23H29BNO4/c1-4-29-22(28)19(15-26)14-21(25-24-16-27)23(2,3)20-12-10-18(11-13-20)17-8-6-5-7-9-17/h5-13,16,19,21,25-26H,4,14-15H2,1-3H3/t19-,21-/m0/s1. The summed E-state index contributed by atoms with van der Waals surface area (Å²) in [5, 5.41) is 12.8. The van der Waals surface area contributed by atoms with Gasteiger partial charge in [-0.3, -0.25) is 4.79 Å². The maximum Gasteiger partial charge on any atom is 0.311 e. The molecule has 153 valence electrons. The monoisotopic (exact) mass is 394 g/mol. The van der Waals surface area contributed by atoms with Crippen molar-refractivity contribution in [2.45, 2.75) is 38.6 Å². The summed E-state index contributed by atoms with van der Waals surface area (Å²) in [6, 6.07) is 18.2. The third kappa shape index (κ3) is 6.02. The Kier molecular flexibility index (Phi) is 8.61. The fraction of sp³-hybridized carbons (Fsp3) is 0.391. The first-order valence-corrected chi connectivity index (χ1v) is 9.90. The minimum Gasteiger partial charge on any atom is -0.466 e. The molecule has 0 fully saturated rings. The molecule has 0 aliphatic carbocycles. The highest BCUT2D eigenvalue weighted by Gasteiger charge is 2.35. The van der Waals surface area contributed by atoms with Gasteiger partial charge in [-0.25, -0.2) is 0 Å². The Balaban J connectivity index is 2.26. The summed E-state index contributed by atoms with van der Waals surface area (Å²) in [6.07, 6.45) is 1.02. The molecule has 0 saturated carbocycles. The molecule has 0 unspecified atom stereocenters. The molecule has 2 rings (SSSR count). The molecule has 6 heteroatoms. The van der Waals surface area contributed by atoms with E-state index in [1.54, 1.807) is 6.92 Å². The lowest BCUT2D eigenvalue weighted by atomic mass is 9.72. The van der Waals surface area contributed by atoms with E-state index < -0.39 is 17.3 Å². The zero-order valence-corrected chi connectivity index (χ0v) is 17.3. The molecular formula is C23H29BNO4. The van der Waals surface area contributed by atoms with Crippen LogP contribution in [0.1, 0.15) is 32.8 Å². The molecule has 0 aliphatic rings. The van der Waals surface area contributed by atoms with E-state index in [0.29, 0.717) is 12.6 Å². The van der Waals surface area contributed by atoms with Crippen molar-refractivity contribution in [3.63, 3.8) is 0 Å². The largest absolute Gasteiger partial charge is 0.466 e. The molecular weight excluding hydrogens is 365 g/mol. The van der Waals surface area contributed by atoms with Crippen LogP contribution in [0.2, 0.25) is 0 Å². The second kappa shape index (κ2) is 10.9. The van der Waals surface area contributed by atoms with Gasteiger partial charge < -0.3 is 19.9 Å². The van der Waals surface area contributed by atoms with Gasteiger partial charge in [-0.05, 0) is 30.0 Å². The first kappa shape index (κ1) is 22.8. The molecule has 0 saturated heterocycles. The molecule has 0 aliphatic heterocycles. The van der Waals surface area contributed by atoms with Crippen LogP contribution in [0, 0.1) is 5.92 Å². The maximum atomic E-state index is 12.2. The molecule has 2 N–H and O–H groups in total. The number of carbonyl (C=O) groups is 2. The second-order valence-electron chi connectivity index (χ2n) is 7.55. The van der Waals surface area contributed by atoms with Gasteiger partial charge in [0.25, 0.3) is 7.41 Å². The van der Waals surface area contributed by atoms with Gasteiger partial charge in [0, 0.05) is 11.5 Å². The van der Waals surface area contributed by atoms with Crippen molar-refractivity contribution < 1.29 is 19.4 Å². The van der Waals surface area contributed by atoms with Crippen molar-refractivity contribution in [2.24, 2.45) is 5.92 Å². The number of carbonyl (C=O) groups excluding carboxylic acids is 2. The van der Waals surface area contributed by atoms with E-state index in [9.17, 15) is 14.7 Å². The van der Waals surface area contributed by atoms with E-state index in [2.05, 4.69) is 55.5 Å². The van der Waals surface area contributed by atoms with Gasteiger partial charge in [0.05, 0.1) is 25.3 Å². The van der Waals surface area contributed by atoms with E-state index in [1.165, 1.54) is 7.41 Å². The number of ether oxygens (including phenoxy) is 1. The normalized spacial score (nSPS) is 13.4. The lowest BCUT2D eigenvalue weighted by Crippen LogP contribution is -2.49. The van der Waals surface area contributed by atoms with Crippen molar-refractivity contribution in [1.29, 1.82) is 0 Å². The van der Waals surface area contributed by atoms with Crippen molar-refractivity contribution in [3.05, 3.63) is 60.2 Å². The predicted molar refractivity (Wildman–Crippen MR) is 116 cm³/mol. The third-order valence-corrected chi connectivity index (χ3v) is 5.33. The molecule has 29 heavy (non-hydrogen) atoms. The number of rotatable bonds is 11. The van der Waals surface area contributed by atoms with E-state index >= 15 is 0 Å². The molecule has 2 atom stereocenters. The molecule has 0 spiro atoms. The van der Waals surface area contributed by atoms with Crippen molar-refractivity contribution in [3.8, 4) is 11.1 Å². The zero-order chi connectivity index (χ0) is 21.3. The Morgan fingerprint density at radius 2 is 1.76 bits per heavy atom. The Bertz CT molecular complexity index is 777. The number of aliphatic hydroxyl groups is 1. The molecule has 2 aromatic rings. The number of esters is 1. The molecule has 0 amide bonds. The van der Waals surface area contributed by atoms with Gasteiger partial charge in [0.2, 0.25) is 0 Å². The average molecular weight is 394 g/mol. The van der Waals surface area contributed by atoms with Crippen LogP contribution in [-0.2, 0) is 19.7 Å². The fourth-order valence-corrected chi connectivity index (χ4v) is 3.44. The van der Waals surface area contributed by atoms with Gasteiger partial charge in [0.1, 0.15) is 0 Å². The van der Waals surface area contributed by atoms with Gasteiger partial charge in [0.15, 0.2) is 0 Å². The average Bonchev–Trinajstić information content (AvgIpc) is 2.74. The maximum absolute atomic E-state index is 12.2. The van der Waals surface area contributed by atoms with Gasteiger partial charge in [-0.15, -0.1) is 0 Å². The number of benzene rings is 2. The summed E-state index contributed by atoms with van der Waals surface area (Å²) in [6.45, 7) is 5.81. The minimum absolute atomic E-state index is 0.253. The SMILES string of the molecule is CCOC(=O)[C@H](CO)C[C@H](N[B]C=O)C(C)(C)c1ccc(-c2ccccc2)cc1. The van der Waals surface area contributed by atoms with Crippen molar-refractivity contribution in [2.75, 3.05) is 13.2 Å². The summed E-state index contributed by atoms with van der Waals surface area (Å²) in [4.78, 5) is 23.1. The highest BCUT2D eigenvalue weighted by molar-refractivity contribution is 6.64. The Morgan fingerprint density at radius 1 is 1.14 bits per heavy atom. The van der Waals surface area contributed by atoms with E-state index in [-0.39, 0.29) is 19.3 Å². The third-order valence-electron chi connectivity index (χ3n) is 5.33. The Hall–Kier alpha value is -2.44. The number of hydrogen-bond donors (Lipinski definition) is 2. The summed E-state index contributed by atoms with van der Waals surface area (Å²) in [5.74, 6) is -1.08. The van der Waals surface area contributed by atoms with Gasteiger partial charge in [-0.1, -0.05) is 68.4 Å². The molecule has 0 aromatic heterocycles. The van der Waals surface area contributed by atoms with Crippen LogP contribution >= 0.6 is 0 Å². The molecule has 2 aromatic carbocycles. The molecule has 0 heterocycles. The van der Waals surface area contributed by atoms with Crippen molar-refractivity contribution >= 4 is 19.6 Å². The van der Waals surface area contributed by atoms with Crippen LogP contribution in [0.3, 0.4) is 0 Å². The zero-order valence-electron chi connectivity index (χ0n) is 17.3. The lowest BCUT2D eigenvalue weighted by Gasteiger charge is -2.37. The number of nitrogens with one attached hydrogen (secondary N) is 1. The van der Waals surface area contributed by atoms with Crippen LogP contribution in [0.5, 0.6) is 0 Å². The predicted octanol–water partition coefficient (Wildman–Crippen LogP) is 2.96. The summed E-state index contributed by atoms with van der Waals surface area (Å²) >= 11 is 0. The second-order valence-corrected chi connectivity index (χ2v) is 7.55. The first-order valence-electron chi connectivity index (χ1n) is 9.90. The first-order chi connectivity index (χ1) is 13.9. The van der Waals surface area contributed by atoms with Crippen LogP contribution < -0.4 is 5.23 Å². The Labute approximate surface area is 173 Å². The van der Waals surface area contributed by atoms with Gasteiger partial charge >= 0.3 is 5.97 Å². The summed E-state index contributed by atoms with van der Waals surface area (Å²) < 4.78 is 5.08. The van der Waals surface area contributed by atoms with Crippen molar-refractivity contribution in [1.82, 2.24) is 5.23 Å². The highest BCUT2D eigenvalue weighted by atomic mass is 16.5. The van der Waals surface area contributed by atoms with Crippen LogP contribution in [0.15, 0.2) is 54.6 Å². The highest BCUT2D eigenvalue weighted by Crippen LogP contribution is 2.32.